The molecule has 0 bridgehead atoms. The second-order valence-electron chi connectivity index (χ2n) is 14.5. The third-order valence-corrected chi connectivity index (χ3v) is 13.5. The maximum Gasteiger partial charge on any atom is 0.0462 e. The van der Waals surface area contributed by atoms with E-state index in [0.717, 1.165) is 53.3 Å². The zero-order valence-electron chi connectivity index (χ0n) is 21.8. The summed E-state index contributed by atoms with van der Waals surface area (Å²) in [6.07, 6.45) is 13.0. The van der Waals surface area contributed by atoms with Crippen molar-refractivity contribution in [2.45, 2.75) is 106 Å². The van der Waals surface area contributed by atoms with Crippen LogP contribution in [0.2, 0.25) is 0 Å². The number of fused-ring (bicyclic) bond motifs is 5. The van der Waals surface area contributed by atoms with Gasteiger partial charge in [-0.3, -0.25) is 0 Å². The summed E-state index contributed by atoms with van der Waals surface area (Å²) in [6, 6.07) is 0. The fourth-order valence-electron chi connectivity index (χ4n) is 11.2. The molecule has 178 valence electrons. The molecule has 0 amide bonds. The molecule has 0 aromatic carbocycles. The van der Waals surface area contributed by atoms with Crippen LogP contribution in [-0.4, -0.2) is 11.7 Å². The van der Waals surface area contributed by atoms with Gasteiger partial charge in [0.2, 0.25) is 0 Å². The van der Waals surface area contributed by atoms with Gasteiger partial charge in [0.1, 0.15) is 0 Å². The van der Waals surface area contributed by atoms with Crippen LogP contribution in [0.4, 0.5) is 0 Å². The first-order valence-corrected chi connectivity index (χ1v) is 14.2. The van der Waals surface area contributed by atoms with Crippen LogP contribution in [0.1, 0.15) is 106 Å². The minimum absolute atomic E-state index is 0.438. The van der Waals surface area contributed by atoms with E-state index in [9.17, 15) is 5.11 Å². The average molecular weight is 429 g/mol. The Morgan fingerprint density at radius 2 is 1.39 bits per heavy atom. The first kappa shape index (κ1) is 22.7. The van der Waals surface area contributed by atoms with Gasteiger partial charge < -0.3 is 5.11 Å². The second-order valence-corrected chi connectivity index (χ2v) is 14.5. The quantitative estimate of drug-likeness (QED) is 0.473. The number of aliphatic hydroxyl groups is 1. The fourth-order valence-corrected chi connectivity index (χ4v) is 11.2. The first-order chi connectivity index (χ1) is 14.6. The highest BCUT2D eigenvalue weighted by Gasteiger charge is 2.64. The minimum atomic E-state index is 0.438. The maximum atomic E-state index is 9.98. The normalized spacial score (nSPS) is 55.5. The SMILES string of the molecule is CC(C)[C@@H](C)[C@@]1(C)C[C@@H]1C(C)[C@H]1CC[C@H]2[C@@H]3CC[C@H]4[C@@H](CO)CC[C@]4(C)[C@H]3CC[C@]12C. The molecule has 5 aliphatic carbocycles. The van der Waals surface area contributed by atoms with Gasteiger partial charge in [0.25, 0.3) is 0 Å². The van der Waals surface area contributed by atoms with E-state index in [1.165, 1.54) is 57.8 Å². The molecule has 0 aromatic heterocycles. The van der Waals surface area contributed by atoms with Crippen molar-refractivity contribution in [3.8, 4) is 0 Å². The van der Waals surface area contributed by atoms with Crippen molar-refractivity contribution < 1.29 is 5.11 Å². The van der Waals surface area contributed by atoms with Gasteiger partial charge in [-0.05, 0) is 133 Å². The number of hydrogen-bond donors (Lipinski definition) is 1. The van der Waals surface area contributed by atoms with E-state index in [-0.39, 0.29) is 0 Å². The summed E-state index contributed by atoms with van der Waals surface area (Å²) in [5, 5.41) is 9.98. The molecule has 31 heavy (non-hydrogen) atoms. The van der Waals surface area contributed by atoms with Crippen LogP contribution >= 0.6 is 0 Å². The van der Waals surface area contributed by atoms with Gasteiger partial charge in [0.05, 0.1) is 0 Å². The summed E-state index contributed by atoms with van der Waals surface area (Å²) >= 11 is 0. The van der Waals surface area contributed by atoms with Gasteiger partial charge in [-0.25, -0.2) is 0 Å². The highest BCUT2D eigenvalue weighted by atomic mass is 16.3. The molecule has 12 atom stereocenters. The van der Waals surface area contributed by atoms with E-state index in [4.69, 9.17) is 0 Å². The van der Waals surface area contributed by atoms with E-state index < -0.39 is 0 Å². The smallest absolute Gasteiger partial charge is 0.0462 e. The summed E-state index contributed by atoms with van der Waals surface area (Å²) in [5.74, 6) is 8.84. The van der Waals surface area contributed by atoms with E-state index >= 15 is 0 Å². The molecule has 1 N–H and O–H groups in total. The Bertz CT molecular complexity index is 684. The second kappa shape index (κ2) is 7.48. The van der Waals surface area contributed by atoms with Gasteiger partial charge in [-0.15, -0.1) is 0 Å². The molecule has 0 heterocycles. The fraction of sp³-hybridized carbons (Fsp3) is 1.00. The van der Waals surface area contributed by atoms with E-state index in [0.29, 0.717) is 28.8 Å². The lowest BCUT2D eigenvalue weighted by atomic mass is 9.46. The van der Waals surface area contributed by atoms with Crippen LogP contribution in [-0.2, 0) is 0 Å². The van der Waals surface area contributed by atoms with Crippen molar-refractivity contribution in [3.05, 3.63) is 0 Å². The third-order valence-electron chi connectivity index (χ3n) is 13.5. The molecule has 5 aliphatic rings. The predicted molar refractivity (Wildman–Crippen MR) is 131 cm³/mol. The molecule has 0 aromatic rings. The van der Waals surface area contributed by atoms with E-state index in [1.807, 2.05) is 0 Å². The molecular weight excluding hydrogens is 376 g/mol. The predicted octanol–water partition coefficient (Wildman–Crippen LogP) is 7.82. The van der Waals surface area contributed by atoms with Crippen molar-refractivity contribution >= 4 is 0 Å². The van der Waals surface area contributed by atoms with Crippen LogP contribution in [0.5, 0.6) is 0 Å². The van der Waals surface area contributed by atoms with Crippen molar-refractivity contribution in [3.63, 3.8) is 0 Å². The molecule has 5 rings (SSSR count). The van der Waals surface area contributed by atoms with Crippen LogP contribution in [0.15, 0.2) is 0 Å². The Hall–Kier alpha value is -0.0400. The highest BCUT2D eigenvalue weighted by molar-refractivity contribution is 5.13. The average Bonchev–Trinajstić information content (AvgIpc) is 3.12. The summed E-state index contributed by atoms with van der Waals surface area (Å²) in [5.41, 5.74) is 1.74. The van der Waals surface area contributed by atoms with E-state index in [1.54, 1.807) is 0 Å². The van der Waals surface area contributed by atoms with Crippen molar-refractivity contribution in [2.75, 3.05) is 6.61 Å². The van der Waals surface area contributed by atoms with Crippen LogP contribution < -0.4 is 0 Å². The molecule has 5 saturated carbocycles. The van der Waals surface area contributed by atoms with Crippen molar-refractivity contribution in [2.24, 2.45) is 75.4 Å². The van der Waals surface area contributed by atoms with Crippen LogP contribution in [0, 0.1) is 75.4 Å². The molecule has 1 heteroatoms. The molecule has 0 radical (unpaired) electrons. The lowest BCUT2D eigenvalue weighted by Crippen LogP contribution is -2.51. The van der Waals surface area contributed by atoms with Gasteiger partial charge in [-0.1, -0.05) is 48.5 Å². The standard InChI is InChI=1S/C30H52O/c1-18(2)20(4)30(7)16-27(30)19(3)23-10-11-25-22-8-9-24-21(17-31)12-14-29(24,6)26(22)13-15-28(23,25)5/h18-27,31H,8-17H2,1-7H3/t19?,20-,21-,22+,23-,24+,25+,26+,27-,28-,29+,30-/m1/s1. The zero-order valence-corrected chi connectivity index (χ0v) is 21.8. The first-order valence-electron chi connectivity index (χ1n) is 14.2. The Morgan fingerprint density at radius 3 is 2.06 bits per heavy atom. The lowest BCUT2D eigenvalue weighted by molar-refractivity contribution is -0.0987. The molecule has 1 unspecified atom stereocenters. The number of rotatable bonds is 5. The largest absolute Gasteiger partial charge is 0.396 e. The van der Waals surface area contributed by atoms with E-state index in [2.05, 4.69) is 48.5 Å². The Morgan fingerprint density at radius 1 is 0.742 bits per heavy atom. The summed E-state index contributed by atoms with van der Waals surface area (Å²) in [6.45, 7) is 18.5. The Labute approximate surface area is 193 Å². The summed E-state index contributed by atoms with van der Waals surface area (Å²) < 4.78 is 0. The Balaban J connectivity index is 1.33. The van der Waals surface area contributed by atoms with Gasteiger partial charge in [0.15, 0.2) is 0 Å². The van der Waals surface area contributed by atoms with Crippen LogP contribution in [0.25, 0.3) is 0 Å². The van der Waals surface area contributed by atoms with Crippen molar-refractivity contribution in [1.82, 2.24) is 0 Å². The number of aliphatic hydroxyl groups excluding tert-OH is 1. The molecular formula is C30H52O. The third kappa shape index (κ3) is 3.10. The van der Waals surface area contributed by atoms with Crippen molar-refractivity contribution in [1.29, 1.82) is 0 Å². The topological polar surface area (TPSA) is 20.2 Å². The molecule has 0 spiro atoms. The number of hydrogen-bond acceptors (Lipinski definition) is 1. The molecule has 1 nitrogen and oxygen atoms in total. The summed E-state index contributed by atoms with van der Waals surface area (Å²) in [7, 11) is 0. The minimum Gasteiger partial charge on any atom is -0.396 e. The Kier molecular flexibility index (Phi) is 5.49. The lowest BCUT2D eigenvalue weighted by Gasteiger charge is -2.58. The molecule has 0 aliphatic heterocycles. The zero-order chi connectivity index (χ0) is 22.3. The summed E-state index contributed by atoms with van der Waals surface area (Å²) in [4.78, 5) is 0. The molecule has 5 fully saturated rings. The van der Waals surface area contributed by atoms with Gasteiger partial charge >= 0.3 is 0 Å². The van der Waals surface area contributed by atoms with Crippen LogP contribution in [0.3, 0.4) is 0 Å². The molecule has 0 saturated heterocycles. The monoisotopic (exact) mass is 428 g/mol. The van der Waals surface area contributed by atoms with Gasteiger partial charge in [-0.2, -0.15) is 0 Å². The van der Waals surface area contributed by atoms with Gasteiger partial charge in [0, 0.05) is 6.61 Å². The highest BCUT2D eigenvalue weighted by Crippen LogP contribution is 2.72. The maximum absolute atomic E-state index is 9.98.